The van der Waals surface area contributed by atoms with Crippen LogP contribution in [0.5, 0.6) is 0 Å². The van der Waals surface area contributed by atoms with Gasteiger partial charge >= 0.3 is 0 Å². The third-order valence-corrected chi connectivity index (χ3v) is 3.96. The number of carbonyl (C=O) groups excluding carboxylic acids is 2. The SMILES string of the molecule is CCC[C@]1(c2cccc(C(N)=O)c2)N=C(N)NC(=O)C1C. The fourth-order valence-electron chi connectivity index (χ4n) is 2.85. The van der Waals surface area contributed by atoms with Crippen LogP contribution in [0.1, 0.15) is 42.6 Å². The Morgan fingerprint density at radius 3 is 2.81 bits per heavy atom. The number of amides is 2. The minimum Gasteiger partial charge on any atom is -0.370 e. The summed E-state index contributed by atoms with van der Waals surface area (Å²) in [6.07, 6.45) is 1.49. The van der Waals surface area contributed by atoms with E-state index in [2.05, 4.69) is 10.3 Å². The number of nitrogens with two attached hydrogens (primary N) is 2. The van der Waals surface area contributed by atoms with E-state index in [9.17, 15) is 9.59 Å². The molecule has 1 aliphatic rings. The zero-order valence-electron chi connectivity index (χ0n) is 12.2. The van der Waals surface area contributed by atoms with Crippen molar-refractivity contribution in [2.75, 3.05) is 0 Å². The largest absolute Gasteiger partial charge is 0.370 e. The summed E-state index contributed by atoms with van der Waals surface area (Å²) >= 11 is 0. The molecule has 2 rings (SSSR count). The van der Waals surface area contributed by atoms with Gasteiger partial charge in [0.1, 0.15) is 5.54 Å². The van der Waals surface area contributed by atoms with E-state index in [1.165, 1.54) is 0 Å². The summed E-state index contributed by atoms with van der Waals surface area (Å²) < 4.78 is 0. The number of nitrogens with zero attached hydrogens (tertiary/aromatic N) is 1. The van der Waals surface area contributed by atoms with Gasteiger partial charge in [0.25, 0.3) is 0 Å². The number of hydrogen-bond acceptors (Lipinski definition) is 4. The number of aliphatic imine (C=N–C) groups is 1. The van der Waals surface area contributed by atoms with Crippen molar-refractivity contribution in [3.05, 3.63) is 35.4 Å². The predicted octanol–water partition coefficient (Wildman–Crippen LogP) is 0.862. The van der Waals surface area contributed by atoms with Crippen molar-refractivity contribution in [1.29, 1.82) is 0 Å². The van der Waals surface area contributed by atoms with Gasteiger partial charge in [-0.1, -0.05) is 32.4 Å². The standard InChI is InChI=1S/C15H20N4O2/c1-3-7-15(9(2)13(21)18-14(17)19-15)11-6-4-5-10(8-11)12(16)20/h4-6,8-9H,3,7H2,1-2H3,(H2,16,20)(H3,17,18,19,21)/t9?,15-/m0/s1. The molecule has 1 heterocycles. The van der Waals surface area contributed by atoms with Crippen LogP contribution in [0.3, 0.4) is 0 Å². The number of benzene rings is 1. The smallest absolute Gasteiger partial charge is 0.248 e. The van der Waals surface area contributed by atoms with Crippen LogP contribution >= 0.6 is 0 Å². The Kier molecular flexibility index (Phi) is 3.97. The molecule has 0 saturated heterocycles. The Morgan fingerprint density at radius 1 is 1.48 bits per heavy atom. The summed E-state index contributed by atoms with van der Waals surface area (Å²) in [7, 11) is 0. The second kappa shape index (κ2) is 5.55. The Labute approximate surface area is 123 Å². The first-order valence-corrected chi connectivity index (χ1v) is 6.97. The molecule has 0 aliphatic carbocycles. The summed E-state index contributed by atoms with van der Waals surface area (Å²) in [5.74, 6) is -0.947. The normalized spacial score (nSPS) is 25.1. The molecule has 6 heteroatoms. The summed E-state index contributed by atoms with van der Waals surface area (Å²) in [6, 6.07) is 6.95. The molecule has 2 atom stereocenters. The van der Waals surface area contributed by atoms with Gasteiger partial charge in [-0.25, -0.2) is 4.99 Å². The van der Waals surface area contributed by atoms with Crippen molar-refractivity contribution < 1.29 is 9.59 Å². The van der Waals surface area contributed by atoms with Crippen LogP contribution in [0.25, 0.3) is 0 Å². The second-order valence-electron chi connectivity index (χ2n) is 5.33. The van der Waals surface area contributed by atoms with E-state index in [0.29, 0.717) is 12.0 Å². The fourth-order valence-corrected chi connectivity index (χ4v) is 2.85. The van der Waals surface area contributed by atoms with E-state index in [-0.39, 0.29) is 17.8 Å². The van der Waals surface area contributed by atoms with Crippen molar-refractivity contribution >= 4 is 17.8 Å². The lowest BCUT2D eigenvalue weighted by Crippen LogP contribution is -2.53. The Bertz CT molecular complexity index is 611. The molecule has 5 N–H and O–H groups in total. The van der Waals surface area contributed by atoms with Gasteiger partial charge in [0, 0.05) is 5.56 Å². The van der Waals surface area contributed by atoms with Crippen LogP contribution in [0.4, 0.5) is 0 Å². The van der Waals surface area contributed by atoms with Gasteiger partial charge in [-0.15, -0.1) is 0 Å². The molecule has 112 valence electrons. The van der Waals surface area contributed by atoms with Gasteiger partial charge in [-0.3, -0.25) is 14.9 Å². The lowest BCUT2D eigenvalue weighted by molar-refractivity contribution is -0.126. The number of guanidine groups is 1. The maximum absolute atomic E-state index is 12.1. The van der Waals surface area contributed by atoms with Crippen LogP contribution in [0.15, 0.2) is 29.3 Å². The van der Waals surface area contributed by atoms with Crippen molar-refractivity contribution in [2.24, 2.45) is 22.4 Å². The third kappa shape index (κ3) is 2.61. The lowest BCUT2D eigenvalue weighted by atomic mass is 9.74. The van der Waals surface area contributed by atoms with E-state index in [1.54, 1.807) is 18.2 Å². The minimum absolute atomic E-state index is 0.107. The molecular weight excluding hydrogens is 268 g/mol. The first-order valence-electron chi connectivity index (χ1n) is 6.97. The summed E-state index contributed by atoms with van der Waals surface area (Å²) in [6.45, 7) is 3.84. The van der Waals surface area contributed by atoms with Crippen molar-refractivity contribution in [3.63, 3.8) is 0 Å². The van der Waals surface area contributed by atoms with Crippen LogP contribution in [0, 0.1) is 5.92 Å². The van der Waals surface area contributed by atoms with Crippen LogP contribution in [0.2, 0.25) is 0 Å². The zero-order valence-corrected chi connectivity index (χ0v) is 12.2. The maximum atomic E-state index is 12.1. The molecule has 1 aromatic carbocycles. The molecule has 0 fully saturated rings. The summed E-state index contributed by atoms with van der Waals surface area (Å²) in [4.78, 5) is 28.0. The third-order valence-electron chi connectivity index (χ3n) is 3.96. The van der Waals surface area contributed by atoms with Crippen molar-refractivity contribution in [2.45, 2.75) is 32.2 Å². The van der Waals surface area contributed by atoms with E-state index >= 15 is 0 Å². The highest BCUT2D eigenvalue weighted by molar-refractivity contribution is 6.00. The van der Waals surface area contributed by atoms with Crippen LogP contribution in [-0.2, 0) is 10.3 Å². The van der Waals surface area contributed by atoms with E-state index in [4.69, 9.17) is 11.5 Å². The van der Waals surface area contributed by atoms with E-state index < -0.39 is 11.4 Å². The number of rotatable bonds is 4. The van der Waals surface area contributed by atoms with Gasteiger partial charge in [0.15, 0.2) is 5.96 Å². The zero-order chi connectivity index (χ0) is 15.6. The predicted molar refractivity (Wildman–Crippen MR) is 80.5 cm³/mol. The number of primary amides is 1. The van der Waals surface area contributed by atoms with Crippen LogP contribution in [-0.4, -0.2) is 17.8 Å². The monoisotopic (exact) mass is 288 g/mol. The lowest BCUT2D eigenvalue weighted by Gasteiger charge is -2.38. The molecule has 0 bridgehead atoms. The Hall–Kier alpha value is -2.37. The van der Waals surface area contributed by atoms with Gasteiger partial charge in [-0.05, 0) is 24.1 Å². The fraction of sp³-hybridized carbons (Fsp3) is 0.400. The quantitative estimate of drug-likeness (QED) is 0.764. The molecule has 0 saturated carbocycles. The first kappa shape index (κ1) is 15.0. The molecular formula is C15H20N4O2. The van der Waals surface area contributed by atoms with Gasteiger partial charge < -0.3 is 11.5 Å². The molecule has 0 aromatic heterocycles. The molecule has 21 heavy (non-hydrogen) atoms. The highest BCUT2D eigenvalue weighted by atomic mass is 16.2. The Balaban J connectivity index is 2.62. The maximum Gasteiger partial charge on any atom is 0.248 e. The average molecular weight is 288 g/mol. The molecule has 1 unspecified atom stereocenters. The molecule has 1 aromatic rings. The number of carbonyl (C=O) groups is 2. The molecule has 6 nitrogen and oxygen atoms in total. The second-order valence-corrected chi connectivity index (χ2v) is 5.33. The minimum atomic E-state index is -0.757. The van der Waals surface area contributed by atoms with Crippen molar-refractivity contribution in [3.8, 4) is 0 Å². The van der Waals surface area contributed by atoms with Crippen LogP contribution < -0.4 is 16.8 Å². The topological polar surface area (TPSA) is 111 Å². The van der Waals surface area contributed by atoms with E-state index in [0.717, 1.165) is 12.0 Å². The van der Waals surface area contributed by atoms with E-state index in [1.807, 2.05) is 19.9 Å². The molecule has 2 amide bonds. The molecule has 0 radical (unpaired) electrons. The van der Waals surface area contributed by atoms with Gasteiger partial charge in [0.05, 0.1) is 5.92 Å². The highest BCUT2D eigenvalue weighted by Crippen LogP contribution is 2.40. The summed E-state index contributed by atoms with van der Waals surface area (Å²) in [5, 5.41) is 2.55. The van der Waals surface area contributed by atoms with Gasteiger partial charge in [-0.2, -0.15) is 0 Å². The Morgan fingerprint density at radius 2 is 2.19 bits per heavy atom. The summed E-state index contributed by atoms with van der Waals surface area (Å²) in [5.41, 5.74) is 11.5. The highest BCUT2D eigenvalue weighted by Gasteiger charge is 2.44. The number of hydrogen-bond donors (Lipinski definition) is 3. The first-order chi connectivity index (χ1) is 9.90. The van der Waals surface area contributed by atoms with Gasteiger partial charge in [0.2, 0.25) is 11.8 Å². The van der Waals surface area contributed by atoms with Crippen molar-refractivity contribution in [1.82, 2.24) is 5.32 Å². The average Bonchev–Trinajstić information content (AvgIpc) is 2.44. The number of nitrogens with one attached hydrogen (secondary N) is 1. The molecule has 1 aliphatic heterocycles. The molecule has 0 spiro atoms.